The Balaban J connectivity index is 1.93. The summed E-state index contributed by atoms with van der Waals surface area (Å²) >= 11 is 0. The van der Waals surface area contributed by atoms with E-state index in [1.165, 1.54) is 0 Å². The van der Waals surface area contributed by atoms with Crippen molar-refractivity contribution in [3.63, 3.8) is 0 Å². The molecular formula is C13H14F3NO2. The van der Waals surface area contributed by atoms with Gasteiger partial charge in [0.15, 0.2) is 0 Å². The molecule has 0 spiro atoms. The second-order valence-corrected chi connectivity index (χ2v) is 4.43. The Morgan fingerprint density at radius 2 is 2.00 bits per heavy atom. The van der Waals surface area contributed by atoms with Gasteiger partial charge in [-0.05, 0) is 18.4 Å². The predicted octanol–water partition coefficient (Wildman–Crippen LogP) is 3.35. The number of carbonyl (C=O) groups excluding carboxylic acids is 1. The summed E-state index contributed by atoms with van der Waals surface area (Å²) in [5.74, 6) is 0. The lowest BCUT2D eigenvalue weighted by Gasteiger charge is -2.25. The lowest BCUT2D eigenvalue weighted by molar-refractivity contribution is -0.171. The molecule has 1 fully saturated rings. The van der Waals surface area contributed by atoms with Crippen LogP contribution in [0.15, 0.2) is 30.3 Å². The van der Waals surface area contributed by atoms with Gasteiger partial charge in [0.1, 0.15) is 12.6 Å². The normalized spacial score (nSPS) is 19.5. The molecule has 0 aromatic heterocycles. The maximum absolute atomic E-state index is 12.7. The first-order valence-electron chi connectivity index (χ1n) is 6.02. The predicted molar refractivity (Wildman–Crippen MR) is 62.4 cm³/mol. The summed E-state index contributed by atoms with van der Waals surface area (Å²) in [4.78, 5) is 12.4. The maximum Gasteiger partial charge on any atom is 0.410 e. The van der Waals surface area contributed by atoms with Gasteiger partial charge in [0.25, 0.3) is 0 Å². The minimum absolute atomic E-state index is 0.0131. The zero-order chi connectivity index (χ0) is 13.9. The lowest BCUT2D eigenvalue weighted by Crippen LogP contribution is -2.44. The van der Waals surface area contributed by atoms with E-state index in [2.05, 4.69) is 0 Å². The van der Waals surface area contributed by atoms with E-state index < -0.39 is 18.3 Å². The van der Waals surface area contributed by atoms with Crippen molar-refractivity contribution < 1.29 is 22.7 Å². The number of benzene rings is 1. The topological polar surface area (TPSA) is 29.5 Å². The summed E-state index contributed by atoms with van der Waals surface area (Å²) in [6.45, 7) is 0.0819. The van der Waals surface area contributed by atoms with Crippen LogP contribution in [0.25, 0.3) is 0 Å². The minimum Gasteiger partial charge on any atom is -0.445 e. The van der Waals surface area contributed by atoms with E-state index in [0.717, 1.165) is 10.5 Å². The van der Waals surface area contributed by atoms with Gasteiger partial charge >= 0.3 is 12.3 Å². The van der Waals surface area contributed by atoms with Crippen molar-refractivity contribution in [3.8, 4) is 0 Å². The van der Waals surface area contributed by atoms with Crippen molar-refractivity contribution in [3.05, 3.63) is 35.9 Å². The zero-order valence-electron chi connectivity index (χ0n) is 10.2. The second kappa shape index (κ2) is 5.50. The van der Waals surface area contributed by atoms with Gasteiger partial charge in [-0.1, -0.05) is 30.3 Å². The van der Waals surface area contributed by atoms with E-state index >= 15 is 0 Å². The molecule has 0 unspecified atom stereocenters. The van der Waals surface area contributed by atoms with Gasteiger partial charge in [0.2, 0.25) is 0 Å². The number of carbonyl (C=O) groups is 1. The van der Waals surface area contributed by atoms with Gasteiger partial charge in [0.05, 0.1) is 0 Å². The molecule has 0 N–H and O–H groups in total. The first-order valence-corrected chi connectivity index (χ1v) is 6.02. The fourth-order valence-corrected chi connectivity index (χ4v) is 2.13. The van der Waals surface area contributed by atoms with Crippen LogP contribution in [0.2, 0.25) is 0 Å². The summed E-state index contributed by atoms with van der Waals surface area (Å²) in [6.07, 6.45) is -4.99. The van der Waals surface area contributed by atoms with Crippen molar-refractivity contribution >= 4 is 6.09 Å². The van der Waals surface area contributed by atoms with Crippen LogP contribution < -0.4 is 0 Å². The highest BCUT2D eigenvalue weighted by molar-refractivity contribution is 5.68. The molecular weight excluding hydrogens is 259 g/mol. The number of hydrogen-bond acceptors (Lipinski definition) is 2. The van der Waals surface area contributed by atoms with Gasteiger partial charge in [-0.3, -0.25) is 4.90 Å². The van der Waals surface area contributed by atoms with E-state index in [4.69, 9.17) is 4.74 Å². The van der Waals surface area contributed by atoms with Crippen molar-refractivity contribution in [1.29, 1.82) is 0 Å². The summed E-state index contributed by atoms with van der Waals surface area (Å²) in [6, 6.07) is 7.15. The van der Waals surface area contributed by atoms with Crippen LogP contribution in [0.5, 0.6) is 0 Å². The minimum atomic E-state index is -4.39. The Morgan fingerprint density at radius 1 is 1.32 bits per heavy atom. The first-order chi connectivity index (χ1) is 8.98. The third-order valence-corrected chi connectivity index (χ3v) is 3.07. The molecule has 1 atom stereocenters. The van der Waals surface area contributed by atoms with Crippen LogP contribution in [0.1, 0.15) is 18.4 Å². The SMILES string of the molecule is O=C(OCc1ccccc1)N1CCC[C@H]1C(F)(F)F. The van der Waals surface area contributed by atoms with Gasteiger partial charge < -0.3 is 4.74 Å². The van der Waals surface area contributed by atoms with Crippen LogP contribution in [0, 0.1) is 0 Å². The summed E-state index contributed by atoms with van der Waals surface area (Å²) in [5, 5.41) is 0. The molecule has 0 radical (unpaired) electrons. The van der Waals surface area contributed by atoms with Gasteiger partial charge in [-0.25, -0.2) is 4.79 Å². The molecule has 6 heteroatoms. The Kier molecular flexibility index (Phi) is 3.97. The maximum atomic E-state index is 12.7. The standard InChI is InChI=1S/C13H14F3NO2/c14-13(15,16)11-7-4-8-17(11)12(18)19-9-10-5-2-1-3-6-10/h1-3,5-6,11H,4,7-9H2/t11-/m0/s1. The highest BCUT2D eigenvalue weighted by atomic mass is 19.4. The summed E-state index contributed by atoms with van der Waals surface area (Å²) in [7, 11) is 0. The van der Waals surface area contributed by atoms with Crippen LogP contribution >= 0.6 is 0 Å². The van der Waals surface area contributed by atoms with E-state index in [-0.39, 0.29) is 19.6 Å². The number of hydrogen-bond donors (Lipinski definition) is 0. The number of ether oxygens (including phenoxy) is 1. The largest absolute Gasteiger partial charge is 0.445 e. The van der Waals surface area contributed by atoms with Crippen LogP contribution in [-0.2, 0) is 11.3 Å². The van der Waals surface area contributed by atoms with Gasteiger partial charge in [-0.15, -0.1) is 0 Å². The molecule has 1 amide bonds. The Hall–Kier alpha value is -1.72. The lowest BCUT2D eigenvalue weighted by atomic mass is 10.2. The third kappa shape index (κ3) is 3.39. The molecule has 1 aliphatic rings. The molecule has 3 nitrogen and oxygen atoms in total. The van der Waals surface area contributed by atoms with E-state index in [0.29, 0.717) is 6.42 Å². The molecule has 19 heavy (non-hydrogen) atoms. The molecule has 0 aliphatic carbocycles. The molecule has 1 aliphatic heterocycles. The fourth-order valence-electron chi connectivity index (χ4n) is 2.13. The second-order valence-electron chi connectivity index (χ2n) is 4.43. The smallest absolute Gasteiger partial charge is 0.410 e. The van der Waals surface area contributed by atoms with E-state index in [9.17, 15) is 18.0 Å². The molecule has 0 bridgehead atoms. The third-order valence-electron chi connectivity index (χ3n) is 3.07. The monoisotopic (exact) mass is 273 g/mol. The number of amides is 1. The quantitative estimate of drug-likeness (QED) is 0.827. The fraction of sp³-hybridized carbons (Fsp3) is 0.462. The first kappa shape index (κ1) is 13.7. The van der Waals surface area contributed by atoms with Crippen LogP contribution in [-0.4, -0.2) is 29.8 Å². The van der Waals surface area contributed by atoms with E-state index in [1.807, 2.05) is 6.07 Å². The molecule has 1 heterocycles. The van der Waals surface area contributed by atoms with Crippen molar-refractivity contribution in [2.24, 2.45) is 0 Å². The van der Waals surface area contributed by atoms with Crippen LogP contribution in [0.3, 0.4) is 0 Å². The average molecular weight is 273 g/mol. The Labute approximate surface area is 109 Å². The van der Waals surface area contributed by atoms with Crippen molar-refractivity contribution in [1.82, 2.24) is 4.90 Å². The average Bonchev–Trinajstić information content (AvgIpc) is 2.86. The van der Waals surface area contributed by atoms with E-state index in [1.54, 1.807) is 24.3 Å². The molecule has 2 rings (SSSR count). The molecule has 0 saturated carbocycles. The molecule has 1 saturated heterocycles. The number of rotatable bonds is 2. The van der Waals surface area contributed by atoms with Crippen molar-refractivity contribution in [2.75, 3.05) is 6.54 Å². The number of alkyl halides is 3. The molecule has 1 aromatic rings. The number of likely N-dealkylation sites (tertiary alicyclic amines) is 1. The highest BCUT2D eigenvalue weighted by Crippen LogP contribution is 2.32. The molecule has 1 aromatic carbocycles. The zero-order valence-corrected chi connectivity index (χ0v) is 10.2. The summed E-state index contributed by atoms with van der Waals surface area (Å²) < 4.78 is 43.0. The number of halogens is 3. The number of nitrogens with zero attached hydrogens (tertiary/aromatic N) is 1. The summed E-state index contributed by atoms with van der Waals surface area (Å²) in [5.41, 5.74) is 0.749. The molecule has 104 valence electrons. The van der Waals surface area contributed by atoms with Crippen molar-refractivity contribution in [2.45, 2.75) is 31.7 Å². The Bertz CT molecular complexity index is 433. The highest BCUT2D eigenvalue weighted by Gasteiger charge is 2.48. The Morgan fingerprint density at radius 3 is 2.63 bits per heavy atom. The van der Waals surface area contributed by atoms with Gasteiger partial charge in [0, 0.05) is 6.54 Å². The van der Waals surface area contributed by atoms with Gasteiger partial charge in [-0.2, -0.15) is 13.2 Å². The van der Waals surface area contributed by atoms with Crippen LogP contribution in [0.4, 0.5) is 18.0 Å².